The van der Waals surface area contributed by atoms with Gasteiger partial charge in [-0.2, -0.15) is 0 Å². The number of nitrogens with one attached hydrogen (secondary N) is 1. The number of hydrogen-bond acceptors (Lipinski definition) is 4. The van der Waals surface area contributed by atoms with Crippen LogP contribution in [0.25, 0.3) is 0 Å². The molecule has 130 valence electrons. The van der Waals surface area contributed by atoms with Crippen molar-refractivity contribution in [2.45, 2.75) is 40.3 Å². The van der Waals surface area contributed by atoms with Gasteiger partial charge in [-0.05, 0) is 30.2 Å². The van der Waals surface area contributed by atoms with Gasteiger partial charge in [-0.3, -0.25) is 0 Å². The van der Waals surface area contributed by atoms with Crippen LogP contribution in [0.3, 0.4) is 0 Å². The highest BCUT2D eigenvalue weighted by Crippen LogP contribution is 2.28. The number of guanidine groups is 1. The maximum absolute atomic E-state index is 4.83. The van der Waals surface area contributed by atoms with Gasteiger partial charge in [-0.15, -0.1) is 21.5 Å². The van der Waals surface area contributed by atoms with Crippen molar-refractivity contribution < 1.29 is 0 Å². The number of rotatable bonds is 4. The van der Waals surface area contributed by atoms with Crippen molar-refractivity contribution in [3.63, 3.8) is 0 Å². The van der Waals surface area contributed by atoms with Gasteiger partial charge in [0.2, 0.25) is 0 Å². The molecule has 2 aromatic heterocycles. The summed E-state index contributed by atoms with van der Waals surface area (Å²) in [5.74, 6) is 2.77. The van der Waals surface area contributed by atoms with Crippen LogP contribution in [0.5, 0.6) is 0 Å². The molecule has 1 aliphatic rings. The fourth-order valence-electron chi connectivity index (χ4n) is 2.87. The molecule has 0 saturated carbocycles. The topological polar surface area (TPSA) is 58.3 Å². The Balaban J connectivity index is 1.73. The van der Waals surface area contributed by atoms with E-state index in [1.165, 1.54) is 11.3 Å². The average molecular weight is 347 g/mol. The standard InChI is InChI=1S/C17H26N6S/c1-13-20-21-15(22(13)4)11-19-16(18-10-14-6-5-9-24-14)23-8-7-17(2,3)12-23/h5-6,9H,7-8,10-12H2,1-4H3,(H,18,19). The summed E-state index contributed by atoms with van der Waals surface area (Å²) < 4.78 is 1.99. The van der Waals surface area contributed by atoms with E-state index in [0.29, 0.717) is 12.0 Å². The van der Waals surface area contributed by atoms with Crippen LogP contribution < -0.4 is 5.32 Å². The maximum Gasteiger partial charge on any atom is 0.194 e. The Morgan fingerprint density at radius 3 is 2.83 bits per heavy atom. The molecule has 3 heterocycles. The molecule has 0 aliphatic carbocycles. The van der Waals surface area contributed by atoms with E-state index in [9.17, 15) is 0 Å². The Hall–Kier alpha value is -1.89. The third-order valence-electron chi connectivity index (χ3n) is 4.53. The molecule has 7 heteroatoms. The van der Waals surface area contributed by atoms with Crippen molar-refractivity contribution in [3.05, 3.63) is 34.0 Å². The van der Waals surface area contributed by atoms with Gasteiger partial charge in [0.25, 0.3) is 0 Å². The fourth-order valence-corrected chi connectivity index (χ4v) is 3.52. The molecule has 0 amide bonds. The lowest BCUT2D eigenvalue weighted by atomic mass is 9.93. The minimum atomic E-state index is 0.340. The quantitative estimate of drug-likeness (QED) is 0.683. The first kappa shape index (κ1) is 17.0. The van der Waals surface area contributed by atoms with E-state index in [1.807, 2.05) is 18.5 Å². The summed E-state index contributed by atoms with van der Waals surface area (Å²) in [5.41, 5.74) is 0.340. The zero-order valence-corrected chi connectivity index (χ0v) is 15.7. The van der Waals surface area contributed by atoms with Gasteiger partial charge >= 0.3 is 0 Å². The second-order valence-corrected chi connectivity index (χ2v) is 8.16. The van der Waals surface area contributed by atoms with Crippen molar-refractivity contribution in [1.82, 2.24) is 25.0 Å². The van der Waals surface area contributed by atoms with E-state index in [1.54, 1.807) is 11.3 Å². The predicted octanol–water partition coefficient (Wildman–Crippen LogP) is 2.56. The Morgan fingerprint density at radius 1 is 1.42 bits per heavy atom. The molecule has 0 atom stereocenters. The summed E-state index contributed by atoms with van der Waals surface area (Å²) in [7, 11) is 1.98. The number of thiophene rings is 1. The van der Waals surface area contributed by atoms with E-state index < -0.39 is 0 Å². The molecular weight excluding hydrogens is 320 g/mol. The monoisotopic (exact) mass is 346 g/mol. The summed E-state index contributed by atoms with van der Waals surface area (Å²) in [6, 6.07) is 4.23. The molecule has 24 heavy (non-hydrogen) atoms. The summed E-state index contributed by atoms with van der Waals surface area (Å²) in [6.45, 7) is 10.0. The van der Waals surface area contributed by atoms with E-state index in [0.717, 1.165) is 37.2 Å². The summed E-state index contributed by atoms with van der Waals surface area (Å²) >= 11 is 1.77. The van der Waals surface area contributed by atoms with E-state index in [4.69, 9.17) is 4.99 Å². The van der Waals surface area contributed by atoms with Crippen LogP contribution in [-0.2, 0) is 20.1 Å². The van der Waals surface area contributed by atoms with Crippen molar-refractivity contribution >= 4 is 17.3 Å². The minimum absolute atomic E-state index is 0.340. The van der Waals surface area contributed by atoms with Gasteiger partial charge < -0.3 is 14.8 Å². The van der Waals surface area contributed by atoms with Crippen LogP contribution in [0.2, 0.25) is 0 Å². The normalized spacial score (nSPS) is 17.5. The first-order valence-corrected chi connectivity index (χ1v) is 9.23. The zero-order valence-electron chi connectivity index (χ0n) is 14.9. The lowest BCUT2D eigenvalue weighted by molar-refractivity contribution is 0.369. The molecule has 0 bridgehead atoms. The smallest absolute Gasteiger partial charge is 0.194 e. The summed E-state index contributed by atoms with van der Waals surface area (Å²) in [5, 5.41) is 14.0. The van der Waals surface area contributed by atoms with Crippen LogP contribution in [0.1, 0.15) is 36.8 Å². The number of likely N-dealkylation sites (tertiary alicyclic amines) is 1. The molecule has 1 fully saturated rings. The van der Waals surface area contributed by atoms with Crippen molar-refractivity contribution in [3.8, 4) is 0 Å². The number of aromatic nitrogens is 3. The van der Waals surface area contributed by atoms with E-state index in [-0.39, 0.29) is 0 Å². The molecule has 6 nitrogen and oxygen atoms in total. The number of nitrogens with zero attached hydrogens (tertiary/aromatic N) is 5. The number of hydrogen-bond donors (Lipinski definition) is 1. The van der Waals surface area contributed by atoms with Gasteiger partial charge in [0.1, 0.15) is 12.4 Å². The van der Waals surface area contributed by atoms with Gasteiger partial charge in [0.15, 0.2) is 11.8 Å². The highest BCUT2D eigenvalue weighted by Gasteiger charge is 2.31. The van der Waals surface area contributed by atoms with Crippen molar-refractivity contribution in [2.75, 3.05) is 13.1 Å². The highest BCUT2D eigenvalue weighted by atomic mass is 32.1. The molecule has 3 rings (SSSR count). The number of aryl methyl sites for hydroxylation is 1. The molecule has 0 aromatic carbocycles. The summed E-state index contributed by atoms with van der Waals surface area (Å²) in [4.78, 5) is 8.50. The Labute approximate surface area is 147 Å². The Kier molecular flexibility index (Phi) is 4.89. The second-order valence-electron chi connectivity index (χ2n) is 7.13. The molecule has 1 saturated heterocycles. The third-order valence-corrected chi connectivity index (χ3v) is 5.41. The first-order chi connectivity index (χ1) is 11.4. The van der Waals surface area contributed by atoms with Crippen LogP contribution in [0.4, 0.5) is 0 Å². The molecular formula is C17H26N6S. The highest BCUT2D eigenvalue weighted by molar-refractivity contribution is 7.09. The van der Waals surface area contributed by atoms with Crippen LogP contribution in [0.15, 0.2) is 22.5 Å². The van der Waals surface area contributed by atoms with Crippen molar-refractivity contribution in [2.24, 2.45) is 17.5 Å². The predicted molar refractivity (Wildman–Crippen MR) is 98.0 cm³/mol. The lowest BCUT2D eigenvalue weighted by Gasteiger charge is -2.24. The first-order valence-electron chi connectivity index (χ1n) is 8.35. The zero-order chi connectivity index (χ0) is 17.2. The number of aliphatic imine (C=N–C) groups is 1. The maximum atomic E-state index is 4.83. The summed E-state index contributed by atoms with van der Waals surface area (Å²) in [6.07, 6.45) is 1.19. The Bertz CT molecular complexity index is 701. The van der Waals surface area contributed by atoms with E-state index >= 15 is 0 Å². The van der Waals surface area contributed by atoms with Crippen LogP contribution in [-0.4, -0.2) is 38.7 Å². The van der Waals surface area contributed by atoms with Crippen molar-refractivity contribution in [1.29, 1.82) is 0 Å². The molecule has 0 spiro atoms. The van der Waals surface area contributed by atoms with Gasteiger partial charge in [0.05, 0.1) is 6.54 Å². The SMILES string of the molecule is Cc1nnc(CN=C(NCc2cccs2)N2CCC(C)(C)C2)n1C. The minimum Gasteiger partial charge on any atom is -0.351 e. The molecule has 1 aliphatic heterocycles. The van der Waals surface area contributed by atoms with Crippen LogP contribution in [0, 0.1) is 12.3 Å². The van der Waals surface area contributed by atoms with Gasteiger partial charge in [-0.25, -0.2) is 4.99 Å². The molecule has 0 unspecified atom stereocenters. The van der Waals surface area contributed by atoms with Gasteiger partial charge in [0, 0.05) is 25.0 Å². The van der Waals surface area contributed by atoms with E-state index in [2.05, 4.69) is 51.8 Å². The largest absolute Gasteiger partial charge is 0.351 e. The average Bonchev–Trinajstić information content (AvgIpc) is 3.24. The van der Waals surface area contributed by atoms with Gasteiger partial charge in [-0.1, -0.05) is 19.9 Å². The van der Waals surface area contributed by atoms with Crippen LogP contribution >= 0.6 is 11.3 Å². The second kappa shape index (κ2) is 6.93. The molecule has 2 aromatic rings. The Morgan fingerprint density at radius 2 is 2.25 bits per heavy atom. The third kappa shape index (κ3) is 3.95. The molecule has 1 N–H and O–H groups in total. The fraction of sp³-hybridized carbons (Fsp3) is 0.588. The molecule has 0 radical (unpaired) electrons. The lowest BCUT2D eigenvalue weighted by Crippen LogP contribution is -2.40.